The Hall–Kier alpha value is -1.64. The molecule has 1 aliphatic rings. The highest BCUT2D eigenvalue weighted by Crippen LogP contribution is 2.45. The van der Waals surface area contributed by atoms with Crippen LogP contribution in [0.3, 0.4) is 0 Å². The van der Waals surface area contributed by atoms with Crippen LogP contribution in [0.15, 0.2) is 30.3 Å². The summed E-state index contributed by atoms with van der Waals surface area (Å²) >= 11 is 0. The van der Waals surface area contributed by atoms with Gasteiger partial charge in [-0.05, 0) is 25.0 Å². The lowest BCUT2D eigenvalue weighted by molar-refractivity contribution is -0.144. The smallest absolute Gasteiger partial charge is 0.239 e. The normalized spacial score (nSPS) is 26.6. The molecule has 0 aliphatic carbocycles. The summed E-state index contributed by atoms with van der Waals surface area (Å²) in [6.07, 6.45) is 1.35. The summed E-state index contributed by atoms with van der Waals surface area (Å²) in [6, 6.07) is 9.20. The van der Waals surface area contributed by atoms with Crippen molar-refractivity contribution in [1.82, 2.24) is 0 Å². The number of anilines is 1. The van der Waals surface area contributed by atoms with Crippen LogP contribution < -0.4 is 4.90 Å². The van der Waals surface area contributed by atoms with Gasteiger partial charge in [-0.3, -0.25) is 9.59 Å². The van der Waals surface area contributed by atoms with Crippen LogP contribution in [0, 0.1) is 10.8 Å². The highest BCUT2D eigenvalue weighted by molar-refractivity contribution is 6.20. The summed E-state index contributed by atoms with van der Waals surface area (Å²) in [5.41, 5.74) is -0.299. The molecule has 1 heterocycles. The molecular formula is C16H21NO2. The average molecular weight is 259 g/mol. The van der Waals surface area contributed by atoms with Gasteiger partial charge in [-0.1, -0.05) is 45.9 Å². The third-order valence-electron chi connectivity index (χ3n) is 4.13. The third kappa shape index (κ3) is 2.18. The fourth-order valence-corrected chi connectivity index (χ4v) is 2.88. The molecule has 0 bridgehead atoms. The number of carbonyl (C=O) groups excluding carboxylic acids is 2. The Bertz CT molecular complexity index is 507. The largest absolute Gasteiger partial charge is 0.273 e. The molecule has 1 fully saturated rings. The molecule has 102 valence electrons. The molecule has 1 saturated heterocycles. The van der Waals surface area contributed by atoms with E-state index in [0.29, 0.717) is 12.1 Å². The molecule has 2 rings (SSSR count). The summed E-state index contributed by atoms with van der Waals surface area (Å²) in [6.45, 7) is 7.81. The fraction of sp³-hybridized carbons (Fsp3) is 0.500. The molecular weight excluding hydrogens is 238 g/mol. The number of hydrogen-bond acceptors (Lipinski definition) is 2. The maximum absolute atomic E-state index is 12.7. The van der Waals surface area contributed by atoms with E-state index in [1.807, 2.05) is 58.0 Å². The van der Waals surface area contributed by atoms with Gasteiger partial charge in [0.05, 0.1) is 5.69 Å². The molecule has 3 nitrogen and oxygen atoms in total. The lowest BCUT2D eigenvalue weighted by Gasteiger charge is -2.45. The minimum absolute atomic E-state index is 0.0782. The van der Waals surface area contributed by atoms with Gasteiger partial charge < -0.3 is 0 Å². The number of para-hydroxylation sites is 1. The maximum Gasteiger partial charge on any atom is 0.239 e. The predicted molar refractivity (Wildman–Crippen MR) is 75.7 cm³/mol. The lowest BCUT2D eigenvalue weighted by atomic mass is 9.67. The first kappa shape index (κ1) is 13.8. The molecule has 1 aromatic carbocycles. The number of nitrogens with zero attached hydrogens (tertiary/aromatic N) is 1. The van der Waals surface area contributed by atoms with Crippen molar-refractivity contribution in [1.29, 1.82) is 0 Å². The van der Waals surface area contributed by atoms with Crippen molar-refractivity contribution >= 4 is 17.5 Å². The second kappa shape index (κ2) is 4.48. The molecule has 1 unspecified atom stereocenters. The maximum atomic E-state index is 12.7. The predicted octanol–water partition coefficient (Wildman–Crippen LogP) is 3.39. The summed E-state index contributed by atoms with van der Waals surface area (Å²) in [4.78, 5) is 26.6. The van der Waals surface area contributed by atoms with Crippen LogP contribution in [0.25, 0.3) is 0 Å². The topological polar surface area (TPSA) is 37.4 Å². The standard InChI is InChI=1S/C16H21NO2/c1-5-16(4)11-15(2,3)13(18)17(14(16)19)12-9-7-6-8-10-12/h6-10H,5,11H2,1-4H3. The number of hydrogen-bond donors (Lipinski definition) is 0. The second-order valence-electron chi connectivity index (χ2n) is 6.26. The van der Waals surface area contributed by atoms with Crippen LogP contribution in [0.1, 0.15) is 40.5 Å². The number of imide groups is 1. The van der Waals surface area contributed by atoms with Gasteiger partial charge in [0.2, 0.25) is 11.8 Å². The molecule has 19 heavy (non-hydrogen) atoms. The van der Waals surface area contributed by atoms with Gasteiger partial charge in [0.1, 0.15) is 0 Å². The average Bonchev–Trinajstić information content (AvgIpc) is 2.38. The first-order valence-electron chi connectivity index (χ1n) is 6.76. The van der Waals surface area contributed by atoms with E-state index in [1.165, 1.54) is 4.90 Å². The number of piperidine rings is 1. The summed E-state index contributed by atoms with van der Waals surface area (Å²) in [7, 11) is 0. The SMILES string of the molecule is CCC1(C)CC(C)(C)C(=O)N(c2ccccc2)C1=O. The number of benzene rings is 1. The summed E-state index contributed by atoms with van der Waals surface area (Å²) < 4.78 is 0. The van der Waals surface area contributed by atoms with Gasteiger partial charge in [-0.25, -0.2) is 4.90 Å². The second-order valence-corrected chi connectivity index (χ2v) is 6.26. The zero-order valence-electron chi connectivity index (χ0n) is 12.1. The molecule has 1 aliphatic heterocycles. The van der Waals surface area contributed by atoms with Crippen LogP contribution in [0.2, 0.25) is 0 Å². The van der Waals surface area contributed by atoms with E-state index in [9.17, 15) is 9.59 Å². The van der Waals surface area contributed by atoms with Gasteiger partial charge in [-0.2, -0.15) is 0 Å². The minimum atomic E-state index is -0.505. The number of carbonyl (C=O) groups is 2. The van der Waals surface area contributed by atoms with Gasteiger partial charge in [0.25, 0.3) is 0 Å². The first-order chi connectivity index (χ1) is 8.82. The van der Waals surface area contributed by atoms with E-state index in [4.69, 9.17) is 0 Å². The Kier molecular flexibility index (Phi) is 3.25. The van der Waals surface area contributed by atoms with Gasteiger partial charge in [0.15, 0.2) is 0 Å². The minimum Gasteiger partial charge on any atom is -0.273 e. The lowest BCUT2D eigenvalue weighted by Crippen LogP contribution is -2.57. The Morgan fingerprint density at radius 3 is 2.16 bits per heavy atom. The van der Waals surface area contributed by atoms with Crippen LogP contribution in [-0.4, -0.2) is 11.8 Å². The van der Waals surface area contributed by atoms with Gasteiger partial charge in [-0.15, -0.1) is 0 Å². The number of rotatable bonds is 2. The van der Waals surface area contributed by atoms with Crippen LogP contribution in [0.5, 0.6) is 0 Å². The van der Waals surface area contributed by atoms with Crippen molar-refractivity contribution in [3.05, 3.63) is 30.3 Å². The fourth-order valence-electron chi connectivity index (χ4n) is 2.88. The van der Waals surface area contributed by atoms with Gasteiger partial charge >= 0.3 is 0 Å². The van der Waals surface area contributed by atoms with E-state index in [1.54, 1.807) is 0 Å². The Morgan fingerprint density at radius 1 is 1.05 bits per heavy atom. The number of amides is 2. The third-order valence-corrected chi connectivity index (χ3v) is 4.13. The first-order valence-corrected chi connectivity index (χ1v) is 6.76. The van der Waals surface area contributed by atoms with Crippen molar-refractivity contribution in [2.75, 3.05) is 4.90 Å². The molecule has 0 N–H and O–H groups in total. The van der Waals surface area contributed by atoms with Crippen molar-refractivity contribution in [2.24, 2.45) is 10.8 Å². The molecule has 1 aromatic rings. The quantitative estimate of drug-likeness (QED) is 0.763. The van der Waals surface area contributed by atoms with Crippen LogP contribution >= 0.6 is 0 Å². The monoisotopic (exact) mass is 259 g/mol. The van der Waals surface area contributed by atoms with Crippen molar-refractivity contribution in [3.8, 4) is 0 Å². The summed E-state index contributed by atoms with van der Waals surface area (Å²) in [5.74, 6) is -0.180. The zero-order valence-corrected chi connectivity index (χ0v) is 12.1. The summed E-state index contributed by atoms with van der Waals surface area (Å²) in [5, 5.41) is 0. The molecule has 1 atom stereocenters. The molecule has 0 radical (unpaired) electrons. The van der Waals surface area contributed by atoms with Crippen molar-refractivity contribution < 1.29 is 9.59 Å². The van der Waals surface area contributed by atoms with Crippen LogP contribution in [-0.2, 0) is 9.59 Å². The molecule has 3 heteroatoms. The molecule has 0 saturated carbocycles. The molecule has 0 aromatic heterocycles. The van der Waals surface area contributed by atoms with Gasteiger partial charge in [0, 0.05) is 10.8 Å². The Balaban J connectivity index is 2.51. The van der Waals surface area contributed by atoms with Crippen molar-refractivity contribution in [2.45, 2.75) is 40.5 Å². The van der Waals surface area contributed by atoms with E-state index >= 15 is 0 Å². The molecule has 0 spiro atoms. The highest BCUT2D eigenvalue weighted by Gasteiger charge is 2.51. The van der Waals surface area contributed by atoms with Crippen molar-refractivity contribution in [3.63, 3.8) is 0 Å². The van der Waals surface area contributed by atoms with E-state index in [-0.39, 0.29) is 11.8 Å². The highest BCUT2D eigenvalue weighted by atomic mass is 16.2. The zero-order chi connectivity index (χ0) is 14.3. The van der Waals surface area contributed by atoms with Crippen LogP contribution in [0.4, 0.5) is 5.69 Å². The van der Waals surface area contributed by atoms with E-state index in [2.05, 4.69) is 0 Å². The Labute approximate surface area is 114 Å². The van der Waals surface area contributed by atoms with E-state index in [0.717, 1.165) is 6.42 Å². The molecule has 2 amide bonds. The Morgan fingerprint density at radius 2 is 1.63 bits per heavy atom. The van der Waals surface area contributed by atoms with E-state index < -0.39 is 10.8 Å².